The van der Waals surface area contributed by atoms with Crippen molar-refractivity contribution in [1.29, 1.82) is 0 Å². The lowest BCUT2D eigenvalue weighted by atomic mass is 10.1. The summed E-state index contributed by atoms with van der Waals surface area (Å²) < 4.78 is 13.1. The zero-order chi connectivity index (χ0) is 19.6. The Balaban J connectivity index is 1.54. The van der Waals surface area contributed by atoms with E-state index in [2.05, 4.69) is 57.3 Å². The van der Waals surface area contributed by atoms with Crippen LogP contribution < -0.4 is 4.74 Å². The molecular formula is C24H19N3O2. The lowest BCUT2D eigenvalue weighted by Gasteiger charge is -2.05. The van der Waals surface area contributed by atoms with E-state index in [4.69, 9.17) is 9.26 Å². The number of benzene rings is 3. The van der Waals surface area contributed by atoms with Crippen LogP contribution in [0.4, 0.5) is 0 Å². The first-order valence-electron chi connectivity index (χ1n) is 9.42. The molecule has 0 fully saturated rings. The predicted octanol–water partition coefficient (Wildman–Crippen LogP) is 5.42. The molecule has 2 heterocycles. The Morgan fingerprint density at radius 2 is 1.66 bits per heavy atom. The second-order valence-electron chi connectivity index (χ2n) is 6.83. The number of fused-ring (bicyclic) bond motifs is 1. The van der Waals surface area contributed by atoms with Gasteiger partial charge in [-0.05, 0) is 35.9 Å². The Kier molecular flexibility index (Phi) is 4.33. The molecule has 0 aliphatic rings. The molecule has 5 heteroatoms. The number of hydrogen-bond donors (Lipinski definition) is 0. The van der Waals surface area contributed by atoms with Crippen molar-refractivity contribution in [2.45, 2.75) is 6.54 Å². The molecule has 0 unspecified atom stereocenters. The monoisotopic (exact) mass is 381 g/mol. The quantitative estimate of drug-likeness (QED) is 0.408. The van der Waals surface area contributed by atoms with Gasteiger partial charge in [0.15, 0.2) is 0 Å². The van der Waals surface area contributed by atoms with Crippen LogP contribution in [0.25, 0.3) is 33.7 Å². The summed E-state index contributed by atoms with van der Waals surface area (Å²) in [5.74, 6) is 1.86. The van der Waals surface area contributed by atoms with E-state index in [1.165, 1.54) is 5.56 Å². The van der Waals surface area contributed by atoms with Gasteiger partial charge in [-0.15, -0.1) is 0 Å². The lowest BCUT2D eigenvalue weighted by molar-refractivity contribution is 0.415. The van der Waals surface area contributed by atoms with Crippen molar-refractivity contribution in [2.75, 3.05) is 7.11 Å². The van der Waals surface area contributed by atoms with E-state index in [0.717, 1.165) is 34.3 Å². The van der Waals surface area contributed by atoms with Crippen molar-refractivity contribution in [2.24, 2.45) is 0 Å². The molecule has 0 spiro atoms. The maximum atomic E-state index is 5.63. The molecule has 5 nitrogen and oxygen atoms in total. The van der Waals surface area contributed by atoms with E-state index < -0.39 is 0 Å². The Labute approximate surface area is 168 Å². The molecule has 3 aromatic carbocycles. The lowest BCUT2D eigenvalue weighted by Crippen LogP contribution is -1.97. The smallest absolute Gasteiger partial charge is 0.260 e. The third-order valence-electron chi connectivity index (χ3n) is 4.99. The maximum absolute atomic E-state index is 5.63. The van der Waals surface area contributed by atoms with Crippen LogP contribution in [0.5, 0.6) is 5.75 Å². The van der Waals surface area contributed by atoms with Crippen LogP contribution >= 0.6 is 0 Å². The number of hydrogen-bond acceptors (Lipinski definition) is 4. The van der Waals surface area contributed by atoms with Crippen LogP contribution in [0.15, 0.2) is 89.6 Å². The topological polar surface area (TPSA) is 53.1 Å². The zero-order valence-corrected chi connectivity index (χ0v) is 15.9. The van der Waals surface area contributed by atoms with E-state index in [0.29, 0.717) is 11.7 Å². The molecule has 0 saturated carbocycles. The number of para-hydroxylation sites is 1. The first kappa shape index (κ1) is 17.3. The van der Waals surface area contributed by atoms with Crippen molar-refractivity contribution in [3.05, 3.63) is 90.6 Å². The third-order valence-corrected chi connectivity index (χ3v) is 4.99. The molecular weight excluding hydrogens is 362 g/mol. The van der Waals surface area contributed by atoms with E-state index in [1.807, 2.05) is 42.5 Å². The average molecular weight is 381 g/mol. The predicted molar refractivity (Wildman–Crippen MR) is 113 cm³/mol. The summed E-state index contributed by atoms with van der Waals surface area (Å²) in [5.41, 5.74) is 4.19. The van der Waals surface area contributed by atoms with Gasteiger partial charge in [0.2, 0.25) is 5.82 Å². The largest absolute Gasteiger partial charge is 0.497 e. The number of aromatic nitrogens is 3. The van der Waals surface area contributed by atoms with Crippen molar-refractivity contribution in [1.82, 2.24) is 14.7 Å². The van der Waals surface area contributed by atoms with Crippen LogP contribution in [0, 0.1) is 0 Å². The molecule has 0 radical (unpaired) electrons. The first-order chi connectivity index (χ1) is 14.3. The van der Waals surface area contributed by atoms with Gasteiger partial charge in [-0.25, -0.2) is 0 Å². The van der Waals surface area contributed by atoms with Crippen molar-refractivity contribution in [3.63, 3.8) is 0 Å². The fourth-order valence-electron chi connectivity index (χ4n) is 3.52. The molecule has 0 amide bonds. The second kappa shape index (κ2) is 7.28. The molecule has 5 rings (SSSR count). The van der Waals surface area contributed by atoms with E-state index in [1.54, 1.807) is 7.11 Å². The van der Waals surface area contributed by atoms with E-state index >= 15 is 0 Å². The zero-order valence-electron chi connectivity index (χ0n) is 15.9. The summed E-state index contributed by atoms with van der Waals surface area (Å²) in [6, 6.07) is 26.3. The van der Waals surface area contributed by atoms with Crippen LogP contribution in [0.3, 0.4) is 0 Å². The normalized spacial score (nSPS) is 11.1. The second-order valence-corrected chi connectivity index (χ2v) is 6.83. The van der Waals surface area contributed by atoms with Crippen molar-refractivity contribution < 1.29 is 9.26 Å². The first-order valence-corrected chi connectivity index (χ1v) is 9.42. The fraction of sp³-hybridized carbons (Fsp3) is 0.0833. The van der Waals surface area contributed by atoms with E-state index in [9.17, 15) is 0 Å². The van der Waals surface area contributed by atoms with Crippen LogP contribution in [0.2, 0.25) is 0 Å². The van der Waals surface area contributed by atoms with Gasteiger partial charge >= 0.3 is 0 Å². The molecule has 5 aromatic rings. The molecule has 2 aromatic heterocycles. The Morgan fingerprint density at radius 3 is 2.45 bits per heavy atom. The summed E-state index contributed by atoms with van der Waals surface area (Å²) in [6.07, 6.45) is 2.09. The van der Waals surface area contributed by atoms with Gasteiger partial charge in [-0.3, -0.25) is 0 Å². The van der Waals surface area contributed by atoms with Gasteiger partial charge in [0.1, 0.15) is 5.75 Å². The Bertz CT molecular complexity index is 1250. The van der Waals surface area contributed by atoms with Crippen molar-refractivity contribution in [3.8, 4) is 28.6 Å². The fourth-order valence-corrected chi connectivity index (χ4v) is 3.52. The maximum Gasteiger partial charge on any atom is 0.260 e. The Morgan fingerprint density at radius 1 is 0.897 bits per heavy atom. The van der Waals surface area contributed by atoms with Crippen LogP contribution in [0.1, 0.15) is 5.56 Å². The molecule has 0 saturated heterocycles. The third kappa shape index (κ3) is 3.27. The molecule has 0 aliphatic heterocycles. The summed E-state index contributed by atoms with van der Waals surface area (Å²) in [6.45, 7) is 0.779. The minimum absolute atomic E-state index is 0.513. The summed E-state index contributed by atoms with van der Waals surface area (Å²) in [5, 5.41) is 5.27. The minimum Gasteiger partial charge on any atom is -0.497 e. The standard InChI is InChI=1S/C24H19N3O2/c1-28-19-13-11-18(12-14-19)23-25-24(29-26-23)21-16-27(15-17-7-3-2-4-8-17)22-10-6-5-9-20(21)22/h2-14,16H,15H2,1H3. The number of ether oxygens (including phenoxy) is 1. The highest BCUT2D eigenvalue weighted by atomic mass is 16.5. The number of rotatable bonds is 5. The highest BCUT2D eigenvalue weighted by Gasteiger charge is 2.17. The van der Waals surface area contributed by atoms with Gasteiger partial charge in [-0.1, -0.05) is 53.7 Å². The van der Waals surface area contributed by atoms with Gasteiger partial charge in [-0.2, -0.15) is 4.98 Å². The average Bonchev–Trinajstić information content (AvgIpc) is 3.40. The summed E-state index contributed by atoms with van der Waals surface area (Å²) >= 11 is 0. The summed E-state index contributed by atoms with van der Waals surface area (Å²) in [4.78, 5) is 4.64. The molecule has 0 aliphatic carbocycles. The highest BCUT2D eigenvalue weighted by Crippen LogP contribution is 2.31. The molecule has 0 atom stereocenters. The molecule has 142 valence electrons. The van der Waals surface area contributed by atoms with Gasteiger partial charge < -0.3 is 13.8 Å². The van der Waals surface area contributed by atoms with Gasteiger partial charge in [0.05, 0.1) is 12.7 Å². The van der Waals surface area contributed by atoms with Gasteiger partial charge in [0.25, 0.3) is 5.89 Å². The van der Waals surface area contributed by atoms with Crippen LogP contribution in [-0.4, -0.2) is 21.8 Å². The number of methoxy groups -OCH3 is 1. The highest BCUT2D eigenvalue weighted by molar-refractivity contribution is 5.94. The van der Waals surface area contributed by atoms with Crippen LogP contribution in [-0.2, 0) is 6.54 Å². The SMILES string of the molecule is COc1ccc(-c2noc(-c3cn(Cc4ccccc4)c4ccccc34)n2)cc1. The molecule has 0 N–H and O–H groups in total. The summed E-state index contributed by atoms with van der Waals surface area (Å²) in [7, 11) is 1.65. The van der Waals surface area contributed by atoms with E-state index in [-0.39, 0.29) is 0 Å². The number of nitrogens with zero attached hydrogens (tertiary/aromatic N) is 3. The minimum atomic E-state index is 0.513. The Hall–Kier alpha value is -3.86. The van der Waals surface area contributed by atoms with Gasteiger partial charge in [0, 0.05) is 29.2 Å². The van der Waals surface area contributed by atoms with Crippen molar-refractivity contribution >= 4 is 10.9 Å². The molecule has 29 heavy (non-hydrogen) atoms. The molecule has 0 bridgehead atoms.